The molecule has 100 valence electrons. The van der Waals surface area contributed by atoms with Gasteiger partial charge in [-0.2, -0.15) is 13.2 Å². The van der Waals surface area contributed by atoms with Crippen LogP contribution in [0.5, 0.6) is 0 Å². The Balaban J connectivity index is 2.22. The third-order valence-corrected chi connectivity index (χ3v) is 2.88. The summed E-state index contributed by atoms with van der Waals surface area (Å²) in [5.41, 5.74) is -0.0756. The van der Waals surface area contributed by atoms with Crippen LogP contribution in [-0.2, 0) is 12.7 Å². The van der Waals surface area contributed by atoms with Crippen LogP contribution in [0, 0.1) is 0 Å². The Kier molecular flexibility index (Phi) is 4.04. The van der Waals surface area contributed by atoms with Gasteiger partial charge in [0.05, 0.1) is 17.8 Å². The second-order valence-electron chi connectivity index (χ2n) is 3.74. The van der Waals surface area contributed by atoms with Crippen LogP contribution < -0.4 is 5.32 Å². The van der Waals surface area contributed by atoms with Gasteiger partial charge in [-0.05, 0) is 24.3 Å². The number of hydrogen-bond acceptors (Lipinski definition) is 3. The lowest BCUT2D eigenvalue weighted by Crippen LogP contribution is -2.11. The van der Waals surface area contributed by atoms with Crippen molar-refractivity contribution in [2.24, 2.45) is 0 Å². The highest BCUT2D eigenvalue weighted by Gasteiger charge is 2.33. The van der Waals surface area contributed by atoms with E-state index < -0.39 is 11.7 Å². The third kappa shape index (κ3) is 3.66. The lowest BCUT2D eigenvalue weighted by molar-refractivity contribution is -0.137. The molecule has 3 nitrogen and oxygen atoms in total. The Morgan fingerprint density at radius 3 is 2.63 bits per heavy atom. The Hall–Kier alpha value is -1.63. The summed E-state index contributed by atoms with van der Waals surface area (Å²) >= 11 is 3.16. The smallest absolute Gasteiger partial charge is 0.379 e. The maximum absolute atomic E-state index is 12.8. The van der Waals surface area contributed by atoms with Gasteiger partial charge >= 0.3 is 6.18 Å². The molecule has 0 saturated carbocycles. The number of nitrogens with one attached hydrogen (secondary N) is 1. The summed E-state index contributed by atoms with van der Waals surface area (Å²) in [5, 5.41) is 2.74. The van der Waals surface area contributed by atoms with Crippen LogP contribution in [0.1, 0.15) is 11.3 Å². The minimum absolute atomic E-state index is 0.0143. The van der Waals surface area contributed by atoms with Crippen LogP contribution in [0.25, 0.3) is 0 Å². The second kappa shape index (κ2) is 5.56. The summed E-state index contributed by atoms with van der Waals surface area (Å²) in [5.74, 6) is 0. The van der Waals surface area contributed by atoms with Gasteiger partial charge in [0.2, 0.25) is 0 Å². The van der Waals surface area contributed by atoms with Gasteiger partial charge in [-0.15, -0.1) is 0 Å². The first-order valence-electron chi connectivity index (χ1n) is 5.32. The van der Waals surface area contributed by atoms with E-state index in [9.17, 15) is 13.2 Å². The lowest BCUT2D eigenvalue weighted by Gasteiger charge is -2.14. The first kappa shape index (κ1) is 13.8. The van der Waals surface area contributed by atoms with Crippen molar-refractivity contribution in [3.05, 3.63) is 52.5 Å². The monoisotopic (exact) mass is 331 g/mol. The van der Waals surface area contributed by atoms with Crippen molar-refractivity contribution in [1.29, 1.82) is 0 Å². The van der Waals surface area contributed by atoms with Crippen molar-refractivity contribution < 1.29 is 13.2 Å². The van der Waals surface area contributed by atoms with Crippen molar-refractivity contribution in [1.82, 2.24) is 9.97 Å². The molecule has 2 aromatic rings. The highest BCUT2D eigenvalue weighted by atomic mass is 79.9. The molecule has 0 aliphatic heterocycles. The molecule has 0 bridgehead atoms. The molecule has 0 aliphatic carbocycles. The van der Waals surface area contributed by atoms with E-state index in [-0.39, 0.29) is 12.2 Å². The van der Waals surface area contributed by atoms with Gasteiger partial charge < -0.3 is 5.32 Å². The number of benzene rings is 1. The molecular weight excluding hydrogens is 323 g/mol. The largest absolute Gasteiger partial charge is 0.418 e. The molecule has 0 fully saturated rings. The summed E-state index contributed by atoms with van der Waals surface area (Å²) in [6.07, 6.45) is -1.51. The number of aromatic nitrogens is 2. The SMILES string of the molecule is FC(F)(F)c1ccc(Br)cc1NCc1ccncn1. The van der Waals surface area contributed by atoms with E-state index in [4.69, 9.17) is 0 Å². The van der Waals surface area contributed by atoms with Crippen molar-refractivity contribution in [2.45, 2.75) is 12.7 Å². The molecule has 0 radical (unpaired) electrons. The fraction of sp³-hybridized carbons (Fsp3) is 0.167. The summed E-state index contributed by atoms with van der Waals surface area (Å²) in [6.45, 7) is 0.196. The zero-order chi connectivity index (χ0) is 13.9. The number of hydrogen-bond donors (Lipinski definition) is 1. The molecule has 2 rings (SSSR count). The molecular formula is C12H9BrF3N3. The van der Waals surface area contributed by atoms with E-state index in [1.165, 1.54) is 24.7 Å². The quantitative estimate of drug-likeness (QED) is 0.927. The Morgan fingerprint density at radius 2 is 2.00 bits per heavy atom. The van der Waals surface area contributed by atoms with E-state index in [0.717, 1.165) is 6.07 Å². The Morgan fingerprint density at radius 1 is 1.21 bits per heavy atom. The first-order chi connectivity index (χ1) is 8.97. The molecule has 0 saturated heterocycles. The molecule has 1 N–H and O–H groups in total. The predicted molar refractivity (Wildman–Crippen MR) is 68.5 cm³/mol. The molecule has 1 aromatic carbocycles. The lowest BCUT2D eigenvalue weighted by atomic mass is 10.1. The summed E-state index contributed by atoms with van der Waals surface area (Å²) < 4.78 is 39.0. The van der Waals surface area contributed by atoms with Crippen LogP contribution in [-0.4, -0.2) is 9.97 Å². The fourth-order valence-corrected chi connectivity index (χ4v) is 1.88. The topological polar surface area (TPSA) is 37.8 Å². The van der Waals surface area contributed by atoms with Crippen LogP contribution >= 0.6 is 15.9 Å². The van der Waals surface area contributed by atoms with Crippen LogP contribution in [0.2, 0.25) is 0 Å². The van der Waals surface area contributed by atoms with E-state index in [1.807, 2.05) is 0 Å². The molecule has 0 spiro atoms. The Labute approximate surface area is 116 Å². The number of nitrogens with zero attached hydrogens (tertiary/aromatic N) is 2. The van der Waals surface area contributed by atoms with Gasteiger partial charge in [-0.3, -0.25) is 0 Å². The highest BCUT2D eigenvalue weighted by molar-refractivity contribution is 9.10. The van der Waals surface area contributed by atoms with Gasteiger partial charge in [0, 0.05) is 16.4 Å². The molecule has 0 amide bonds. The number of alkyl halides is 3. The van der Waals surface area contributed by atoms with Gasteiger partial charge in [-0.25, -0.2) is 9.97 Å². The van der Waals surface area contributed by atoms with E-state index >= 15 is 0 Å². The number of anilines is 1. The molecule has 7 heteroatoms. The van der Waals surface area contributed by atoms with E-state index in [0.29, 0.717) is 10.2 Å². The minimum atomic E-state index is -4.39. The van der Waals surface area contributed by atoms with Gasteiger partial charge in [-0.1, -0.05) is 15.9 Å². The van der Waals surface area contributed by atoms with Gasteiger partial charge in [0.1, 0.15) is 6.33 Å². The summed E-state index contributed by atoms with van der Waals surface area (Å²) in [4.78, 5) is 7.69. The van der Waals surface area contributed by atoms with Crippen molar-refractivity contribution in [2.75, 3.05) is 5.32 Å². The van der Waals surface area contributed by atoms with Gasteiger partial charge in [0.25, 0.3) is 0 Å². The zero-order valence-electron chi connectivity index (χ0n) is 9.58. The average Bonchev–Trinajstić information content (AvgIpc) is 2.36. The fourth-order valence-electron chi connectivity index (χ4n) is 1.52. The zero-order valence-corrected chi connectivity index (χ0v) is 11.2. The number of rotatable bonds is 3. The summed E-state index contributed by atoms with van der Waals surface area (Å²) in [7, 11) is 0. The minimum Gasteiger partial charge on any atom is -0.379 e. The predicted octanol–water partition coefficient (Wildman–Crippen LogP) is 3.87. The molecule has 0 unspecified atom stereocenters. The van der Waals surface area contributed by atoms with Crippen LogP contribution in [0.15, 0.2) is 41.3 Å². The highest BCUT2D eigenvalue weighted by Crippen LogP contribution is 2.36. The normalized spacial score (nSPS) is 11.4. The molecule has 19 heavy (non-hydrogen) atoms. The Bertz CT molecular complexity index is 558. The van der Waals surface area contributed by atoms with Crippen LogP contribution in [0.4, 0.5) is 18.9 Å². The third-order valence-electron chi connectivity index (χ3n) is 2.39. The maximum Gasteiger partial charge on any atom is 0.418 e. The maximum atomic E-state index is 12.8. The van der Waals surface area contributed by atoms with Crippen molar-refractivity contribution >= 4 is 21.6 Å². The molecule has 0 atom stereocenters. The summed E-state index contributed by atoms with van der Waals surface area (Å²) in [6, 6.07) is 5.42. The first-order valence-corrected chi connectivity index (χ1v) is 6.11. The second-order valence-corrected chi connectivity index (χ2v) is 4.66. The van der Waals surface area contributed by atoms with Gasteiger partial charge in [0.15, 0.2) is 0 Å². The van der Waals surface area contributed by atoms with Crippen molar-refractivity contribution in [3.8, 4) is 0 Å². The molecule has 1 heterocycles. The standard InChI is InChI=1S/C12H9BrF3N3/c13-8-1-2-10(12(14,15)16)11(5-8)18-6-9-3-4-17-7-19-9/h1-5,7,18H,6H2. The van der Waals surface area contributed by atoms with Crippen molar-refractivity contribution in [3.63, 3.8) is 0 Å². The number of halogens is 4. The average molecular weight is 332 g/mol. The molecule has 0 aliphatic rings. The van der Waals surface area contributed by atoms with E-state index in [1.54, 1.807) is 6.07 Å². The van der Waals surface area contributed by atoms with Crippen LogP contribution in [0.3, 0.4) is 0 Å². The molecule has 1 aromatic heterocycles. The van der Waals surface area contributed by atoms with E-state index in [2.05, 4.69) is 31.2 Å².